The summed E-state index contributed by atoms with van der Waals surface area (Å²) in [4.78, 5) is 31.4. The maximum absolute atomic E-state index is 12.7. The topological polar surface area (TPSA) is 106 Å². The van der Waals surface area contributed by atoms with Crippen LogP contribution in [0.5, 0.6) is 0 Å². The van der Waals surface area contributed by atoms with Crippen LogP contribution in [-0.4, -0.2) is 49.2 Å². The Morgan fingerprint density at radius 2 is 1.97 bits per heavy atom. The largest absolute Gasteiger partial charge is 0.453 e. The molecule has 29 heavy (non-hydrogen) atoms. The van der Waals surface area contributed by atoms with Crippen molar-refractivity contribution in [2.45, 2.75) is 43.4 Å². The third kappa shape index (κ3) is 4.76. The molecule has 0 spiro atoms. The number of hydrogen-bond donors (Lipinski definition) is 1. The van der Waals surface area contributed by atoms with E-state index in [-0.39, 0.29) is 17.2 Å². The minimum atomic E-state index is -3.32. The van der Waals surface area contributed by atoms with Gasteiger partial charge < -0.3 is 9.64 Å². The molecule has 2 aromatic rings. The maximum atomic E-state index is 12.7. The molecule has 156 valence electrons. The lowest BCUT2D eigenvalue weighted by Crippen LogP contribution is -2.36. The molecule has 0 bridgehead atoms. The molecule has 10 heteroatoms. The average Bonchev–Trinajstić information content (AvgIpc) is 3.09. The lowest BCUT2D eigenvalue weighted by Gasteiger charge is -2.26. The van der Waals surface area contributed by atoms with E-state index in [0.29, 0.717) is 24.6 Å². The number of sulfone groups is 1. The van der Waals surface area contributed by atoms with Crippen LogP contribution in [0.15, 0.2) is 29.2 Å². The van der Waals surface area contributed by atoms with E-state index >= 15 is 0 Å². The molecule has 0 saturated heterocycles. The monoisotopic (exact) mass is 437 g/mol. The molecule has 3 rings (SSSR count). The molecule has 0 aliphatic carbocycles. The molecule has 1 aromatic heterocycles. The molecule has 0 radical (unpaired) electrons. The Kier molecular flexibility index (Phi) is 6.23. The number of fused-ring (bicyclic) bond motifs is 1. The summed E-state index contributed by atoms with van der Waals surface area (Å²) >= 11 is 1.33. The zero-order valence-electron chi connectivity index (χ0n) is 16.5. The highest BCUT2D eigenvalue weighted by atomic mass is 32.2. The second kappa shape index (κ2) is 8.50. The zero-order valence-corrected chi connectivity index (χ0v) is 18.1. The predicted octanol–water partition coefficient (Wildman–Crippen LogP) is 2.63. The molecule has 2 amide bonds. The fourth-order valence-corrected chi connectivity index (χ4v) is 5.02. The highest BCUT2D eigenvalue weighted by Gasteiger charge is 2.25. The SMILES string of the molecule is COC(=O)Nc1nc2c(s1)CN(C(=O)Cc1ccc(S(=O)(=O)C(C)C)cc1)CC2. The van der Waals surface area contributed by atoms with Crippen molar-refractivity contribution in [2.75, 3.05) is 19.0 Å². The summed E-state index contributed by atoms with van der Waals surface area (Å²) in [6.45, 7) is 4.27. The number of rotatable bonds is 5. The van der Waals surface area contributed by atoms with E-state index in [4.69, 9.17) is 0 Å². The summed E-state index contributed by atoms with van der Waals surface area (Å²) < 4.78 is 29.0. The normalized spacial score (nSPS) is 13.9. The summed E-state index contributed by atoms with van der Waals surface area (Å²) in [5.74, 6) is -0.0361. The van der Waals surface area contributed by atoms with E-state index in [9.17, 15) is 18.0 Å². The molecule has 0 fully saturated rings. The van der Waals surface area contributed by atoms with E-state index in [1.807, 2.05) is 0 Å². The van der Waals surface area contributed by atoms with Gasteiger partial charge in [-0.15, -0.1) is 0 Å². The first-order valence-electron chi connectivity index (χ1n) is 9.15. The Hall–Kier alpha value is -2.46. The van der Waals surface area contributed by atoms with Crippen LogP contribution in [0.2, 0.25) is 0 Å². The van der Waals surface area contributed by atoms with E-state index in [0.717, 1.165) is 16.1 Å². The number of ether oxygens (including phenoxy) is 1. The van der Waals surface area contributed by atoms with Crippen LogP contribution in [0.4, 0.5) is 9.93 Å². The number of benzene rings is 1. The van der Waals surface area contributed by atoms with Crippen LogP contribution in [-0.2, 0) is 38.8 Å². The van der Waals surface area contributed by atoms with E-state index in [1.165, 1.54) is 18.4 Å². The van der Waals surface area contributed by atoms with Crippen molar-refractivity contribution >= 4 is 38.3 Å². The average molecular weight is 438 g/mol. The number of methoxy groups -OCH3 is 1. The molecule has 8 nitrogen and oxygen atoms in total. The number of aromatic nitrogens is 1. The highest BCUT2D eigenvalue weighted by molar-refractivity contribution is 7.92. The first-order valence-corrected chi connectivity index (χ1v) is 11.5. The molecule has 0 unspecified atom stereocenters. The van der Waals surface area contributed by atoms with Crippen LogP contribution in [0.3, 0.4) is 0 Å². The van der Waals surface area contributed by atoms with E-state index in [2.05, 4.69) is 15.0 Å². The van der Waals surface area contributed by atoms with Gasteiger partial charge in [-0.3, -0.25) is 10.1 Å². The minimum Gasteiger partial charge on any atom is -0.453 e. The minimum absolute atomic E-state index is 0.0361. The van der Waals surface area contributed by atoms with Gasteiger partial charge in [0.15, 0.2) is 15.0 Å². The van der Waals surface area contributed by atoms with Gasteiger partial charge in [0, 0.05) is 17.8 Å². The summed E-state index contributed by atoms with van der Waals surface area (Å²) in [6.07, 6.45) is 0.238. The van der Waals surface area contributed by atoms with Gasteiger partial charge in [-0.1, -0.05) is 23.5 Å². The Morgan fingerprint density at radius 3 is 2.59 bits per heavy atom. The summed E-state index contributed by atoms with van der Waals surface area (Å²) in [5, 5.41) is 2.52. The maximum Gasteiger partial charge on any atom is 0.413 e. The smallest absolute Gasteiger partial charge is 0.413 e. The van der Waals surface area contributed by atoms with Gasteiger partial charge in [0.25, 0.3) is 0 Å². The number of carbonyl (C=O) groups excluding carboxylic acids is 2. The molecule has 0 saturated carbocycles. The van der Waals surface area contributed by atoms with Crippen molar-refractivity contribution in [3.05, 3.63) is 40.4 Å². The van der Waals surface area contributed by atoms with Crippen LogP contribution in [0.25, 0.3) is 0 Å². The predicted molar refractivity (Wildman–Crippen MR) is 110 cm³/mol. The Morgan fingerprint density at radius 1 is 1.28 bits per heavy atom. The Bertz CT molecular complexity index is 1010. The van der Waals surface area contributed by atoms with Gasteiger partial charge in [0.1, 0.15) is 0 Å². The molecule has 0 atom stereocenters. The van der Waals surface area contributed by atoms with Gasteiger partial charge in [-0.2, -0.15) is 0 Å². The summed E-state index contributed by atoms with van der Waals surface area (Å²) in [5.41, 5.74) is 1.65. The molecular formula is C19H23N3O5S2. The number of hydrogen-bond acceptors (Lipinski definition) is 7. The van der Waals surface area contributed by atoms with Crippen LogP contribution in [0.1, 0.15) is 30.0 Å². The zero-order chi connectivity index (χ0) is 21.2. The first-order chi connectivity index (χ1) is 13.7. The van der Waals surface area contributed by atoms with E-state index in [1.54, 1.807) is 43.0 Å². The summed E-state index contributed by atoms with van der Waals surface area (Å²) in [7, 11) is -2.04. The third-order valence-corrected chi connectivity index (χ3v) is 7.87. The van der Waals surface area contributed by atoms with Crippen molar-refractivity contribution in [2.24, 2.45) is 0 Å². The van der Waals surface area contributed by atoms with Gasteiger partial charge in [-0.25, -0.2) is 18.2 Å². The van der Waals surface area contributed by atoms with Crippen LogP contribution >= 0.6 is 11.3 Å². The molecule has 1 N–H and O–H groups in total. The van der Waals surface area contributed by atoms with Crippen molar-refractivity contribution in [1.82, 2.24) is 9.88 Å². The second-order valence-corrected chi connectivity index (χ2v) is 10.6. The highest BCUT2D eigenvalue weighted by Crippen LogP contribution is 2.28. The number of amides is 2. The number of nitrogens with zero attached hydrogens (tertiary/aromatic N) is 2. The lowest BCUT2D eigenvalue weighted by molar-refractivity contribution is -0.131. The van der Waals surface area contributed by atoms with Gasteiger partial charge in [0.05, 0.1) is 35.9 Å². The van der Waals surface area contributed by atoms with Gasteiger partial charge in [-0.05, 0) is 31.5 Å². The number of thiazole rings is 1. The van der Waals surface area contributed by atoms with Crippen molar-refractivity contribution in [3.63, 3.8) is 0 Å². The quantitative estimate of drug-likeness (QED) is 0.771. The number of carbonyl (C=O) groups is 2. The van der Waals surface area contributed by atoms with Crippen molar-refractivity contribution < 1.29 is 22.7 Å². The Balaban J connectivity index is 1.64. The molecule has 1 aliphatic heterocycles. The second-order valence-electron chi connectivity index (χ2n) is 6.99. The van der Waals surface area contributed by atoms with Crippen molar-refractivity contribution in [1.29, 1.82) is 0 Å². The van der Waals surface area contributed by atoms with Crippen molar-refractivity contribution in [3.8, 4) is 0 Å². The van der Waals surface area contributed by atoms with E-state index < -0.39 is 21.2 Å². The number of nitrogens with one attached hydrogen (secondary N) is 1. The van der Waals surface area contributed by atoms with Crippen LogP contribution in [0, 0.1) is 0 Å². The fourth-order valence-electron chi connectivity index (χ4n) is 2.96. The molecular weight excluding hydrogens is 414 g/mol. The molecule has 1 aliphatic rings. The third-order valence-electron chi connectivity index (χ3n) is 4.71. The van der Waals surface area contributed by atoms with Gasteiger partial charge in [0.2, 0.25) is 5.91 Å². The lowest BCUT2D eigenvalue weighted by atomic mass is 10.1. The van der Waals surface area contributed by atoms with Crippen LogP contribution < -0.4 is 5.32 Å². The van der Waals surface area contributed by atoms with Gasteiger partial charge >= 0.3 is 6.09 Å². The standard InChI is InChI=1S/C19H23N3O5S2/c1-12(2)29(25,26)14-6-4-13(5-7-14)10-17(23)22-9-8-15-16(11-22)28-18(20-15)21-19(24)27-3/h4-7,12H,8-11H2,1-3H3,(H,20,21,24). The molecule has 2 heterocycles. The summed E-state index contributed by atoms with van der Waals surface area (Å²) in [6, 6.07) is 6.49. The molecule has 1 aromatic carbocycles. The number of anilines is 1. The first kappa shape index (κ1) is 21.3. The fraction of sp³-hybridized carbons (Fsp3) is 0.421. The Labute approximate surface area is 173 Å².